The molecule has 1 aromatic rings. The normalized spacial score (nSPS) is 22.8. The van der Waals surface area contributed by atoms with Crippen LogP contribution in [-0.4, -0.2) is 29.9 Å². The molecule has 1 aliphatic carbocycles. The van der Waals surface area contributed by atoms with Crippen molar-refractivity contribution < 1.29 is 4.79 Å². The van der Waals surface area contributed by atoms with Crippen molar-refractivity contribution in [2.75, 3.05) is 18.0 Å². The maximum Gasteiger partial charge on any atom is 0.254 e. The molecule has 0 spiro atoms. The van der Waals surface area contributed by atoms with Gasteiger partial charge < -0.3 is 9.80 Å². The SMILES string of the molecule is O=C1c2cccc(N3CCCC3)c2CN1C1CC1. The molecule has 0 atom stereocenters. The average molecular weight is 242 g/mol. The summed E-state index contributed by atoms with van der Waals surface area (Å²) in [5.41, 5.74) is 3.53. The van der Waals surface area contributed by atoms with Gasteiger partial charge in [-0.25, -0.2) is 0 Å². The summed E-state index contributed by atoms with van der Waals surface area (Å²) in [7, 11) is 0. The van der Waals surface area contributed by atoms with Gasteiger partial charge in [0, 0.05) is 42.5 Å². The number of carbonyl (C=O) groups excluding carboxylic acids is 1. The standard InChI is InChI=1S/C15H18N2O/c18-15-12-4-3-5-14(16-8-1-2-9-16)13(12)10-17(15)11-6-7-11/h3-5,11H,1-2,6-10H2. The number of benzene rings is 1. The summed E-state index contributed by atoms with van der Waals surface area (Å²) in [6, 6.07) is 6.75. The first-order valence-electron chi connectivity index (χ1n) is 7.02. The molecule has 0 radical (unpaired) electrons. The topological polar surface area (TPSA) is 23.6 Å². The molecule has 1 amide bonds. The molecule has 1 saturated carbocycles. The van der Waals surface area contributed by atoms with Crippen LogP contribution < -0.4 is 4.90 Å². The van der Waals surface area contributed by atoms with Gasteiger partial charge in [0.2, 0.25) is 0 Å². The number of fused-ring (bicyclic) bond motifs is 1. The minimum Gasteiger partial charge on any atom is -0.371 e. The number of nitrogens with zero attached hydrogens (tertiary/aromatic N) is 2. The summed E-state index contributed by atoms with van der Waals surface area (Å²) >= 11 is 0. The molecule has 0 aromatic heterocycles. The van der Waals surface area contributed by atoms with E-state index in [9.17, 15) is 4.79 Å². The molecular formula is C15H18N2O. The fourth-order valence-corrected chi connectivity index (χ4v) is 3.27. The fraction of sp³-hybridized carbons (Fsp3) is 0.533. The molecule has 3 aliphatic rings. The summed E-state index contributed by atoms with van der Waals surface area (Å²) in [4.78, 5) is 16.9. The second-order valence-electron chi connectivity index (χ2n) is 5.66. The van der Waals surface area contributed by atoms with Gasteiger partial charge in [0.25, 0.3) is 5.91 Å². The van der Waals surface area contributed by atoms with Crippen LogP contribution in [0.5, 0.6) is 0 Å². The van der Waals surface area contributed by atoms with Gasteiger partial charge in [0.1, 0.15) is 0 Å². The minimum absolute atomic E-state index is 0.258. The van der Waals surface area contributed by atoms with Crippen LogP contribution in [0.25, 0.3) is 0 Å². The summed E-state index contributed by atoms with van der Waals surface area (Å²) in [6.07, 6.45) is 4.95. The monoisotopic (exact) mass is 242 g/mol. The van der Waals surface area contributed by atoms with Gasteiger partial charge in [0.05, 0.1) is 0 Å². The van der Waals surface area contributed by atoms with Crippen LogP contribution >= 0.6 is 0 Å². The molecule has 4 rings (SSSR count). The Morgan fingerprint density at radius 2 is 1.89 bits per heavy atom. The predicted molar refractivity (Wildman–Crippen MR) is 70.8 cm³/mol. The lowest BCUT2D eigenvalue weighted by molar-refractivity contribution is 0.0766. The van der Waals surface area contributed by atoms with Crippen LogP contribution in [0.1, 0.15) is 41.6 Å². The van der Waals surface area contributed by atoms with Gasteiger partial charge in [-0.2, -0.15) is 0 Å². The first-order valence-corrected chi connectivity index (χ1v) is 7.02. The second-order valence-corrected chi connectivity index (χ2v) is 5.66. The van der Waals surface area contributed by atoms with Crippen molar-refractivity contribution in [1.29, 1.82) is 0 Å². The molecule has 0 N–H and O–H groups in total. The molecule has 0 bridgehead atoms. The predicted octanol–water partition coefficient (Wildman–Crippen LogP) is 2.41. The van der Waals surface area contributed by atoms with E-state index >= 15 is 0 Å². The smallest absolute Gasteiger partial charge is 0.254 e. The molecule has 1 saturated heterocycles. The maximum atomic E-state index is 12.4. The third-order valence-electron chi connectivity index (χ3n) is 4.41. The third-order valence-corrected chi connectivity index (χ3v) is 4.41. The van der Waals surface area contributed by atoms with Crippen LogP contribution in [0, 0.1) is 0 Å². The van der Waals surface area contributed by atoms with Crippen LogP contribution in [0.2, 0.25) is 0 Å². The molecule has 0 unspecified atom stereocenters. The minimum atomic E-state index is 0.258. The summed E-state index contributed by atoms with van der Waals surface area (Å²) in [6.45, 7) is 3.13. The van der Waals surface area contributed by atoms with E-state index < -0.39 is 0 Å². The van der Waals surface area contributed by atoms with Gasteiger partial charge in [-0.3, -0.25) is 4.79 Å². The van der Waals surface area contributed by atoms with E-state index in [1.165, 1.54) is 36.9 Å². The van der Waals surface area contributed by atoms with Crippen molar-refractivity contribution in [2.24, 2.45) is 0 Å². The van der Waals surface area contributed by atoms with Crippen molar-refractivity contribution in [3.05, 3.63) is 29.3 Å². The first kappa shape index (κ1) is 10.4. The van der Waals surface area contributed by atoms with Gasteiger partial charge in [-0.05, 0) is 37.8 Å². The van der Waals surface area contributed by atoms with Gasteiger partial charge in [-0.15, -0.1) is 0 Å². The number of carbonyl (C=O) groups is 1. The lowest BCUT2D eigenvalue weighted by Gasteiger charge is -2.21. The van der Waals surface area contributed by atoms with Crippen LogP contribution in [0.15, 0.2) is 18.2 Å². The van der Waals surface area contributed by atoms with Crippen LogP contribution in [-0.2, 0) is 6.54 Å². The van der Waals surface area contributed by atoms with Crippen LogP contribution in [0.4, 0.5) is 5.69 Å². The van der Waals surface area contributed by atoms with Crippen molar-refractivity contribution in [3.8, 4) is 0 Å². The lowest BCUT2D eigenvalue weighted by atomic mass is 10.1. The Kier molecular flexibility index (Phi) is 2.16. The van der Waals surface area contributed by atoms with Gasteiger partial charge in [-0.1, -0.05) is 6.07 Å². The highest BCUT2D eigenvalue weighted by Gasteiger charge is 2.39. The van der Waals surface area contributed by atoms with E-state index in [0.29, 0.717) is 6.04 Å². The summed E-state index contributed by atoms with van der Waals surface area (Å²) in [5.74, 6) is 0.258. The van der Waals surface area contributed by atoms with Gasteiger partial charge in [0.15, 0.2) is 0 Å². The molecule has 18 heavy (non-hydrogen) atoms. The number of amides is 1. The quantitative estimate of drug-likeness (QED) is 0.795. The lowest BCUT2D eigenvalue weighted by Crippen LogP contribution is -2.26. The van der Waals surface area contributed by atoms with E-state index in [2.05, 4.69) is 15.9 Å². The van der Waals surface area contributed by atoms with Crippen LogP contribution in [0.3, 0.4) is 0 Å². The number of anilines is 1. The summed E-state index contributed by atoms with van der Waals surface area (Å²) in [5, 5.41) is 0. The second kappa shape index (κ2) is 3.74. The summed E-state index contributed by atoms with van der Waals surface area (Å²) < 4.78 is 0. The molecule has 1 aromatic carbocycles. The number of rotatable bonds is 2. The highest BCUT2D eigenvalue weighted by Crippen LogP contribution is 2.38. The van der Waals surface area contributed by atoms with Gasteiger partial charge >= 0.3 is 0 Å². The zero-order chi connectivity index (χ0) is 12.1. The number of hydrogen-bond acceptors (Lipinski definition) is 2. The molecular weight excluding hydrogens is 224 g/mol. The van der Waals surface area contributed by atoms with Crippen molar-refractivity contribution in [1.82, 2.24) is 4.90 Å². The number of hydrogen-bond donors (Lipinski definition) is 0. The molecule has 3 heteroatoms. The largest absolute Gasteiger partial charge is 0.371 e. The molecule has 2 heterocycles. The zero-order valence-corrected chi connectivity index (χ0v) is 10.6. The molecule has 3 nitrogen and oxygen atoms in total. The van der Waals surface area contributed by atoms with E-state index in [1.807, 2.05) is 12.1 Å². The van der Waals surface area contributed by atoms with E-state index in [1.54, 1.807) is 0 Å². The van der Waals surface area contributed by atoms with Crippen molar-refractivity contribution in [3.63, 3.8) is 0 Å². The van der Waals surface area contributed by atoms with E-state index in [0.717, 1.165) is 25.2 Å². The first-order chi connectivity index (χ1) is 8.84. The van der Waals surface area contributed by atoms with Crippen molar-refractivity contribution in [2.45, 2.75) is 38.3 Å². The highest BCUT2D eigenvalue weighted by atomic mass is 16.2. The maximum absolute atomic E-state index is 12.4. The molecule has 94 valence electrons. The Morgan fingerprint density at radius 1 is 1.11 bits per heavy atom. The van der Waals surface area contributed by atoms with E-state index in [-0.39, 0.29) is 5.91 Å². The Labute approximate surface area is 107 Å². The highest BCUT2D eigenvalue weighted by molar-refractivity contribution is 6.00. The molecule has 2 fully saturated rings. The Hall–Kier alpha value is -1.51. The zero-order valence-electron chi connectivity index (χ0n) is 10.6. The average Bonchev–Trinajstić information content (AvgIpc) is 2.97. The van der Waals surface area contributed by atoms with Crippen molar-refractivity contribution >= 4 is 11.6 Å². The third kappa shape index (κ3) is 1.46. The fourth-order valence-electron chi connectivity index (χ4n) is 3.27. The molecule has 2 aliphatic heterocycles. The Bertz CT molecular complexity index is 501. The Morgan fingerprint density at radius 3 is 2.61 bits per heavy atom. The van der Waals surface area contributed by atoms with E-state index in [4.69, 9.17) is 0 Å². The Balaban J connectivity index is 1.73.